The Bertz CT molecular complexity index is 545. The molecule has 0 saturated heterocycles. The molecule has 7 nitrogen and oxygen atoms in total. The molecule has 0 aromatic heterocycles. The van der Waals surface area contributed by atoms with Gasteiger partial charge in [-0.1, -0.05) is 0 Å². The van der Waals surface area contributed by atoms with Gasteiger partial charge in [-0.05, 0) is 48.1 Å². The van der Waals surface area contributed by atoms with Crippen LogP contribution in [0.5, 0.6) is 0 Å². The fraction of sp³-hybridized carbons (Fsp3) is 0.417. The number of halogens is 1. The molecule has 0 heterocycles. The molecule has 0 aliphatic rings. The third-order valence-corrected chi connectivity index (χ3v) is 3.61. The van der Waals surface area contributed by atoms with Crippen molar-refractivity contribution in [1.29, 1.82) is 0 Å². The first-order valence-electron chi connectivity index (χ1n) is 5.71. The van der Waals surface area contributed by atoms with Crippen molar-refractivity contribution in [3.05, 3.63) is 36.9 Å². The van der Waals surface area contributed by atoms with E-state index in [1.807, 2.05) is 22.6 Å². The molecule has 0 unspecified atom stereocenters. The van der Waals surface area contributed by atoms with Crippen molar-refractivity contribution in [2.45, 2.75) is 32.5 Å². The highest BCUT2D eigenvalue weighted by Crippen LogP contribution is 2.29. The van der Waals surface area contributed by atoms with E-state index < -0.39 is 16.6 Å². The Morgan fingerprint density at radius 1 is 1.50 bits per heavy atom. The molecule has 0 aliphatic heterocycles. The number of nitro groups is 1. The van der Waals surface area contributed by atoms with E-state index in [1.54, 1.807) is 19.9 Å². The smallest absolute Gasteiger partial charge is 0.405 e. The summed E-state index contributed by atoms with van der Waals surface area (Å²) in [7, 11) is 0. The summed E-state index contributed by atoms with van der Waals surface area (Å²) in [5.41, 5.74) is 4.89. The molecule has 1 amide bonds. The van der Waals surface area contributed by atoms with E-state index in [0.29, 0.717) is 14.7 Å². The largest absolute Gasteiger partial charge is 0.443 e. The van der Waals surface area contributed by atoms with E-state index in [2.05, 4.69) is 0 Å². The standard InChI is InChI=1S/C12H15IN2O5/c1-12(2,20-11(14)17)5-7-3-8(6-16)9(13)4-10(7)15(18)19/h3-4,16H,5-6H2,1-2H3,(H2,14,17). The van der Waals surface area contributed by atoms with Crippen LogP contribution in [0, 0.1) is 13.7 Å². The lowest BCUT2D eigenvalue weighted by Crippen LogP contribution is -2.33. The van der Waals surface area contributed by atoms with E-state index in [1.165, 1.54) is 6.07 Å². The number of amides is 1. The molecular weight excluding hydrogens is 379 g/mol. The van der Waals surface area contributed by atoms with Gasteiger partial charge in [-0.3, -0.25) is 10.1 Å². The van der Waals surface area contributed by atoms with Crippen LogP contribution in [-0.4, -0.2) is 21.7 Å². The number of aliphatic hydroxyl groups is 1. The van der Waals surface area contributed by atoms with Gasteiger partial charge in [0.1, 0.15) is 5.60 Å². The highest BCUT2D eigenvalue weighted by Gasteiger charge is 2.27. The Hall–Kier alpha value is -1.42. The van der Waals surface area contributed by atoms with Gasteiger partial charge in [0, 0.05) is 21.6 Å². The van der Waals surface area contributed by atoms with Crippen molar-refractivity contribution in [3.8, 4) is 0 Å². The first kappa shape index (κ1) is 16.6. The second kappa shape index (κ2) is 6.35. The number of hydrogen-bond donors (Lipinski definition) is 2. The van der Waals surface area contributed by atoms with Crippen molar-refractivity contribution in [3.63, 3.8) is 0 Å². The third-order valence-electron chi connectivity index (χ3n) is 2.61. The van der Waals surface area contributed by atoms with E-state index in [9.17, 15) is 20.0 Å². The maximum absolute atomic E-state index is 11.1. The molecular formula is C12H15IN2O5. The van der Waals surface area contributed by atoms with Gasteiger partial charge < -0.3 is 15.6 Å². The SMILES string of the molecule is CC(C)(Cc1cc(CO)c(I)cc1[N+](=O)[O-])OC(N)=O. The summed E-state index contributed by atoms with van der Waals surface area (Å²) < 4.78 is 5.54. The summed E-state index contributed by atoms with van der Waals surface area (Å²) >= 11 is 1.92. The number of benzene rings is 1. The molecule has 0 atom stereocenters. The highest BCUT2D eigenvalue weighted by atomic mass is 127. The maximum Gasteiger partial charge on any atom is 0.405 e. The molecule has 110 valence electrons. The number of aliphatic hydroxyl groups excluding tert-OH is 1. The minimum Gasteiger partial charge on any atom is -0.443 e. The number of carbonyl (C=O) groups is 1. The van der Waals surface area contributed by atoms with Gasteiger partial charge in [0.25, 0.3) is 5.69 Å². The molecule has 0 aliphatic carbocycles. The van der Waals surface area contributed by atoms with Gasteiger partial charge in [-0.15, -0.1) is 0 Å². The number of nitrogens with zero attached hydrogens (tertiary/aromatic N) is 1. The first-order chi connectivity index (χ1) is 9.16. The predicted molar refractivity (Wildman–Crippen MR) is 80.2 cm³/mol. The van der Waals surface area contributed by atoms with Gasteiger partial charge in [0.2, 0.25) is 0 Å². The lowest BCUT2D eigenvalue weighted by Gasteiger charge is -2.24. The van der Waals surface area contributed by atoms with Crippen molar-refractivity contribution in [1.82, 2.24) is 0 Å². The van der Waals surface area contributed by atoms with E-state index in [0.717, 1.165) is 0 Å². The molecule has 0 fully saturated rings. The van der Waals surface area contributed by atoms with Crippen LogP contribution in [0.1, 0.15) is 25.0 Å². The number of rotatable bonds is 5. The zero-order chi connectivity index (χ0) is 15.5. The van der Waals surface area contributed by atoms with Gasteiger partial charge in [-0.2, -0.15) is 0 Å². The second-order valence-electron chi connectivity index (χ2n) is 4.85. The van der Waals surface area contributed by atoms with E-state index in [-0.39, 0.29) is 18.7 Å². The number of primary amides is 1. The Labute approximate surface area is 129 Å². The topological polar surface area (TPSA) is 116 Å². The molecule has 0 radical (unpaired) electrons. The van der Waals surface area contributed by atoms with Gasteiger partial charge in [-0.25, -0.2) is 4.79 Å². The van der Waals surface area contributed by atoms with Gasteiger partial charge in [0.15, 0.2) is 0 Å². The molecule has 1 aromatic rings. The summed E-state index contributed by atoms with van der Waals surface area (Å²) in [4.78, 5) is 21.4. The average Bonchev–Trinajstić information content (AvgIpc) is 2.28. The molecule has 20 heavy (non-hydrogen) atoms. The zero-order valence-electron chi connectivity index (χ0n) is 11.1. The number of carbonyl (C=O) groups excluding carboxylic acids is 1. The first-order valence-corrected chi connectivity index (χ1v) is 6.79. The van der Waals surface area contributed by atoms with Gasteiger partial charge in [0.05, 0.1) is 11.5 Å². The summed E-state index contributed by atoms with van der Waals surface area (Å²) in [6, 6.07) is 2.94. The molecule has 3 N–H and O–H groups in total. The minimum absolute atomic E-state index is 0.0762. The summed E-state index contributed by atoms with van der Waals surface area (Å²) in [5, 5.41) is 20.3. The summed E-state index contributed by atoms with van der Waals surface area (Å²) in [5.74, 6) is 0. The Kier molecular flexibility index (Phi) is 5.28. The second-order valence-corrected chi connectivity index (χ2v) is 6.01. The van der Waals surface area contributed by atoms with Crippen LogP contribution in [0.15, 0.2) is 12.1 Å². The van der Waals surface area contributed by atoms with E-state index >= 15 is 0 Å². The molecule has 0 saturated carbocycles. The van der Waals surface area contributed by atoms with Crippen molar-refractivity contribution in [2.75, 3.05) is 0 Å². The van der Waals surface area contributed by atoms with Crippen LogP contribution in [-0.2, 0) is 17.8 Å². The zero-order valence-corrected chi connectivity index (χ0v) is 13.2. The highest BCUT2D eigenvalue weighted by molar-refractivity contribution is 14.1. The van der Waals surface area contributed by atoms with Crippen LogP contribution in [0.4, 0.5) is 10.5 Å². The predicted octanol–water partition coefficient (Wildman–Crippen LogP) is 2.11. The summed E-state index contributed by atoms with van der Waals surface area (Å²) in [6.07, 6.45) is -0.818. The number of nitrogens with two attached hydrogens (primary N) is 1. The van der Waals surface area contributed by atoms with E-state index in [4.69, 9.17) is 10.5 Å². The van der Waals surface area contributed by atoms with Crippen molar-refractivity contribution >= 4 is 34.4 Å². The normalized spacial score (nSPS) is 11.2. The Morgan fingerprint density at radius 3 is 2.55 bits per heavy atom. The summed E-state index contributed by atoms with van der Waals surface area (Å²) in [6.45, 7) is 3.00. The fourth-order valence-corrected chi connectivity index (χ4v) is 2.48. The van der Waals surface area contributed by atoms with Gasteiger partial charge >= 0.3 is 6.09 Å². The lowest BCUT2D eigenvalue weighted by molar-refractivity contribution is -0.385. The lowest BCUT2D eigenvalue weighted by atomic mass is 9.95. The van der Waals surface area contributed by atoms with Crippen LogP contribution in [0.2, 0.25) is 0 Å². The third kappa shape index (κ3) is 4.30. The van der Waals surface area contributed by atoms with Crippen LogP contribution >= 0.6 is 22.6 Å². The molecule has 0 spiro atoms. The monoisotopic (exact) mass is 394 g/mol. The maximum atomic E-state index is 11.1. The van der Waals surface area contributed by atoms with Crippen molar-refractivity contribution in [2.24, 2.45) is 5.73 Å². The quantitative estimate of drug-likeness (QED) is 0.451. The molecule has 1 aromatic carbocycles. The minimum atomic E-state index is -0.976. The van der Waals surface area contributed by atoms with Crippen LogP contribution in [0.3, 0.4) is 0 Å². The molecule has 8 heteroatoms. The van der Waals surface area contributed by atoms with Crippen LogP contribution in [0.25, 0.3) is 0 Å². The Balaban J connectivity index is 3.21. The molecule has 1 rings (SSSR count). The number of hydrogen-bond acceptors (Lipinski definition) is 5. The Morgan fingerprint density at radius 2 is 2.10 bits per heavy atom. The average molecular weight is 394 g/mol. The number of ether oxygens (including phenoxy) is 1. The van der Waals surface area contributed by atoms with Crippen LogP contribution < -0.4 is 5.73 Å². The molecule has 0 bridgehead atoms. The fourth-order valence-electron chi connectivity index (χ4n) is 1.86. The number of nitro benzene ring substituents is 1. The van der Waals surface area contributed by atoms with Crippen molar-refractivity contribution < 1.29 is 19.6 Å².